The Morgan fingerprint density at radius 2 is 1.45 bits per heavy atom. The smallest absolute Gasteiger partial charge is 0.352 e. The number of nitrogens with zero attached hydrogens (tertiary/aromatic N) is 4. The monoisotopic (exact) mass is 611 g/mol. The van der Waals surface area contributed by atoms with Crippen LogP contribution in [0.1, 0.15) is 85.5 Å². The van der Waals surface area contributed by atoms with Crippen LogP contribution in [0, 0.1) is 23.7 Å². The number of amides is 1. The summed E-state index contributed by atoms with van der Waals surface area (Å²) in [6.45, 7) is 11.8. The molecule has 3 rings (SSSR count). The van der Waals surface area contributed by atoms with Crippen LogP contribution in [0.15, 0.2) is 4.99 Å². The van der Waals surface area contributed by atoms with Crippen LogP contribution in [0.3, 0.4) is 0 Å². The maximum absolute atomic E-state index is 13.9. The molecule has 1 aliphatic heterocycles. The van der Waals surface area contributed by atoms with Gasteiger partial charge in [-0.1, -0.05) is 19.3 Å². The lowest BCUT2D eigenvalue weighted by Crippen LogP contribution is -2.61. The molecule has 1 N–H and O–H groups in total. The summed E-state index contributed by atoms with van der Waals surface area (Å²) >= 11 is 0. The number of halogens is 6. The molecule has 12 heteroatoms. The van der Waals surface area contributed by atoms with Gasteiger partial charge in [-0.05, 0) is 78.1 Å². The van der Waals surface area contributed by atoms with Crippen molar-refractivity contribution in [3.8, 4) is 0 Å². The van der Waals surface area contributed by atoms with Gasteiger partial charge in [-0.25, -0.2) is 0 Å². The molecule has 244 valence electrons. The van der Waals surface area contributed by atoms with Crippen molar-refractivity contribution >= 4 is 11.9 Å². The molecule has 0 radical (unpaired) electrons. The Labute approximate surface area is 247 Å². The lowest BCUT2D eigenvalue weighted by Gasteiger charge is -2.45. The van der Waals surface area contributed by atoms with Crippen LogP contribution in [-0.2, 0) is 4.79 Å². The van der Waals surface area contributed by atoms with Gasteiger partial charge >= 0.3 is 12.4 Å². The zero-order chi connectivity index (χ0) is 31.3. The first-order valence-electron chi connectivity index (χ1n) is 15.7. The fourth-order valence-corrected chi connectivity index (χ4v) is 6.94. The molecule has 42 heavy (non-hydrogen) atoms. The van der Waals surface area contributed by atoms with Crippen molar-refractivity contribution in [2.24, 2.45) is 28.7 Å². The number of alkyl halides is 6. The fraction of sp³-hybridized carbons (Fsp3) is 0.933. The number of nitrogens with one attached hydrogen (secondary N) is 1. The van der Waals surface area contributed by atoms with E-state index in [1.807, 2.05) is 6.92 Å². The average Bonchev–Trinajstić information content (AvgIpc) is 2.90. The van der Waals surface area contributed by atoms with Crippen LogP contribution < -0.4 is 5.32 Å². The van der Waals surface area contributed by atoms with E-state index in [1.54, 1.807) is 11.9 Å². The van der Waals surface area contributed by atoms with Crippen molar-refractivity contribution in [1.29, 1.82) is 0 Å². The number of hydrogen-bond donors (Lipinski definition) is 1. The zero-order valence-corrected chi connectivity index (χ0v) is 26.0. The molecule has 0 aromatic heterocycles. The van der Waals surface area contributed by atoms with E-state index < -0.39 is 36.5 Å². The molecule has 0 aromatic rings. The molecule has 1 heterocycles. The van der Waals surface area contributed by atoms with Crippen LogP contribution >= 0.6 is 0 Å². The summed E-state index contributed by atoms with van der Waals surface area (Å²) in [6.07, 6.45) is -5.54. The van der Waals surface area contributed by atoms with E-state index >= 15 is 0 Å². The molecule has 0 bridgehead atoms. The second kappa shape index (κ2) is 14.4. The van der Waals surface area contributed by atoms with Gasteiger partial charge in [-0.15, -0.1) is 0 Å². The first-order valence-corrected chi connectivity index (χ1v) is 15.7. The van der Waals surface area contributed by atoms with Gasteiger partial charge in [0, 0.05) is 51.9 Å². The third-order valence-corrected chi connectivity index (χ3v) is 9.13. The highest BCUT2D eigenvalue weighted by Gasteiger charge is 2.51. The van der Waals surface area contributed by atoms with E-state index in [1.165, 1.54) is 0 Å². The van der Waals surface area contributed by atoms with Gasteiger partial charge < -0.3 is 15.1 Å². The molecular weight excluding hydrogens is 560 g/mol. The quantitative estimate of drug-likeness (QED) is 0.208. The van der Waals surface area contributed by atoms with Crippen molar-refractivity contribution in [2.75, 3.05) is 46.3 Å². The van der Waals surface area contributed by atoms with Gasteiger partial charge in [0.1, 0.15) is 0 Å². The van der Waals surface area contributed by atoms with Gasteiger partial charge in [0.2, 0.25) is 5.91 Å². The largest absolute Gasteiger partial charge is 0.391 e. The molecule has 1 amide bonds. The second-order valence-electron chi connectivity index (χ2n) is 13.6. The van der Waals surface area contributed by atoms with Crippen molar-refractivity contribution in [2.45, 2.75) is 109 Å². The third-order valence-electron chi connectivity index (χ3n) is 9.13. The minimum absolute atomic E-state index is 0.0684. The van der Waals surface area contributed by atoms with Gasteiger partial charge in [0.25, 0.3) is 0 Å². The molecule has 1 saturated heterocycles. The number of piperazine rings is 1. The van der Waals surface area contributed by atoms with Crippen LogP contribution in [-0.4, -0.2) is 96.8 Å². The Bertz CT molecular complexity index is 866. The molecule has 3 unspecified atom stereocenters. The average molecular weight is 612 g/mol. The van der Waals surface area contributed by atoms with E-state index in [0.29, 0.717) is 32.7 Å². The van der Waals surface area contributed by atoms with Crippen LogP contribution in [0.25, 0.3) is 0 Å². The molecule has 3 fully saturated rings. The summed E-state index contributed by atoms with van der Waals surface area (Å²) in [5.74, 6) is -3.66. The number of carbonyl (C=O) groups excluding carboxylic acids is 1. The van der Waals surface area contributed by atoms with E-state index in [9.17, 15) is 31.1 Å². The minimum Gasteiger partial charge on any atom is -0.352 e. The minimum atomic E-state index is -4.65. The van der Waals surface area contributed by atoms with Crippen LogP contribution in [0.4, 0.5) is 26.3 Å². The summed E-state index contributed by atoms with van der Waals surface area (Å²) in [6, 6.07) is -0.336. The maximum atomic E-state index is 13.9. The predicted molar refractivity (Wildman–Crippen MR) is 153 cm³/mol. The van der Waals surface area contributed by atoms with Crippen molar-refractivity contribution < 1.29 is 31.1 Å². The Balaban J connectivity index is 1.67. The van der Waals surface area contributed by atoms with Gasteiger partial charge in [-0.3, -0.25) is 14.7 Å². The lowest BCUT2D eigenvalue weighted by atomic mass is 9.73. The fourth-order valence-electron chi connectivity index (χ4n) is 6.94. The normalized spacial score (nSPS) is 26.7. The Hall–Kier alpha value is -1.72. The van der Waals surface area contributed by atoms with Crippen molar-refractivity contribution in [3.63, 3.8) is 0 Å². The molecular formula is C30H51F6N5O. The van der Waals surface area contributed by atoms with Crippen LogP contribution in [0.2, 0.25) is 0 Å². The highest BCUT2D eigenvalue weighted by molar-refractivity contribution is 5.82. The summed E-state index contributed by atoms with van der Waals surface area (Å²) < 4.78 is 80.8. The lowest BCUT2D eigenvalue weighted by molar-refractivity contribution is -0.229. The predicted octanol–water partition coefficient (Wildman–Crippen LogP) is 6.32. The molecule has 2 saturated carbocycles. The van der Waals surface area contributed by atoms with E-state index in [0.717, 1.165) is 38.1 Å². The van der Waals surface area contributed by atoms with E-state index in [2.05, 4.69) is 40.9 Å². The van der Waals surface area contributed by atoms with Gasteiger partial charge in [0.15, 0.2) is 5.96 Å². The molecule has 0 spiro atoms. The van der Waals surface area contributed by atoms with Crippen LogP contribution in [0.5, 0.6) is 0 Å². The second-order valence-corrected chi connectivity index (χ2v) is 13.6. The summed E-state index contributed by atoms with van der Waals surface area (Å²) in [7, 11) is 1.65. The van der Waals surface area contributed by atoms with Crippen molar-refractivity contribution in [1.82, 2.24) is 20.0 Å². The Morgan fingerprint density at radius 3 is 1.93 bits per heavy atom. The molecule has 6 nitrogen and oxygen atoms in total. The number of carbonyl (C=O) groups is 1. The van der Waals surface area contributed by atoms with E-state index in [-0.39, 0.29) is 49.2 Å². The number of rotatable bonds is 7. The standard InChI is InChI=1S/C30H51F6N5O/c1-6-37-27(38-28(2,3)4)41-16-14-40(15-17-41)25(22-10-8-7-9-11-22)26(42)39(5)13-12-21-18-23(29(31,32)33)20-24(19-21)30(34,35)36/h21-25H,6-20H2,1-5H3,(H,37,38). The van der Waals surface area contributed by atoms with Crippen molar-refractivity contribution in [3.05, 3.63) is 0 Å². The molecule has 2 aliphatic carbocycles. The summed E-state index contributed by atoms with van der Waals surface area (Å²) in [5, 5.41) is 3.49. The molecule has 3 aliphatic rings. The Morgan fingerprint density at radius 1 is 0.905 bits per heavy atom. The van der Waals surface area contributed by atoms with Gasteiger partial charge in [0.05, 0.1) is 17.9 Å². The molecule has 0 aromatic carbocycles. The maximum Gasteiger partial charge on any atom is 0.391 e. The number of aliphatic imine (C=N–C) groups is 1. The number of guanidine groups is 1. The third kappa shape index (κ3) is 9.91. The zero-order valence-electron chi connectivity index (χ0n) is 26.0. The summed E-state index contributed by atoms with van der Waals surface area (Å²) in [4.78, 5) is 24.6. The number of likely N-dealkylation sites (N-methyl/N-ethyl adjacent to an activating group) is 1. The highest BCUT2D eigenvalue weighted by atomic mass is 19.4. The number of hydrogen-bond acceptors (Lipinski definition) is 3. The first-order chi connectivity index (χ1) is 19.5. The first kappa shape index (κ1) is 34.8. The topological polar surface area (TPSA) is 51.2 Å². The Kier molecular flexibility index (Phi) is 11.9. The van der Waals surface area contributed by atoms with Gasteiger partial charge in [-0.2, -0.15) is 26.3 Å². The summed E-state index contributed by atoms with van der Waals surface area (Å²) in [5.41, 5.74) is -0.146. The SMILES string of the molecule is CCN=C(NC(C)(C)C)N1CCN(C(C(=O)N(C)CCC2CC(C(F)(F)F)CC(C(F)(F)F)C2)C2CCCCC2)CC1. The highest BCUT2D eigenvalue weighted by Crippen LogP contribution is 2.48. The molecule has 3 atom stereocenters. The van der Waals surface area contributed by atoms with E-state index in [4.69, 9.17) is 0 Å².